The minimum absolute atomic E-state index is 0.0876. The normalized spacial score (nSPS) is 10.6. The number of fused-ring (bicyclic) bond motifs is 1. The van der Waals surface area contributed by atoms with E-state index in [1.165, 1.54) is 30.3 Å². The first-order valence-corrected chi connectivity index (χ1v) is 8.78. The standard InChI is InChI=1S/C19H15ClN4O5/c1-10-11(2)22-15-7-12(3-5-14(15)21-10)19(26)29-9-18(25)23-16-8-13(20)4-6-17(16)24(27)28/h3-8H,9H2,1-2H3,(H,23,25). The maximum atomic E-state index is 12.2. The van der Waals surface area contributed by atoms with Crippen LogP contribution in [-0.4, -0.2) is 33.4 Å². The Morgan fingerprint density at radius 3 is 2.48 bits per heavy atom. The summed E-state index contributed by atoms with van der Waals surface area (Å²) in [6.45, 7) is 3.03. The molecular formula is C19H15ClN4O5. The number of amides is 1. The van der Waals surface area contributed by atoms with Crippen molar-refractivity contribution in [2.24, 2.45) is 0 Å². The van der Waals surface area contributed by atoms with E-state index >= 15 is 0 Å². The number of carbonyl (C=O) groups excluding carboxylic acids is 2. The second-order valence-corrected chi connectivity index (χ2v) is 6.58. The number of esters is 1. The van der Waals surface area contributed by atoms with Gasteiger partial charge in [0.05, 0.1) is 32.9 Å². The van der Waals surface area contributed by atoms with E-state index in [-0.39, 0.29) is 22.0 Å². The minimum atomic E-state index is -0.740. The van der Waals surface area contributed by atoms with Crippen molar-refractivity contribution >= 4 is 45.9 Å². The fourth-order valence-corrected chi connectivity index (χ4v) is 2.70. The van der Waals surface area contributed by atoms with Gasteiger partial charge in [0.15, 0.2) is 6.61 Å². The maximum absolute atomic E-state index is 12.2. The van der Waals surface area contributed by atoms with Gasteiger partial charge in [-0.2, -0.15) is 0 Å². The molecule has 0 fully saturated rings. The molecule has 29 heavy (non-hydrogen) atoms. The molecule has 0 spiro atoms. The average Bonchev–Trinajstić information content (AvgIpc) is 2.66. The van der Waals surface area contributed by atoms with Crippen LogP contribution in [0.1, 0.15) is 21.7 Å². The predicted octanol–water partition coefficient (Wildman–Crippen LogP) is 3.60. The first-order valence-electron chi connectivity index (χ1n) is 8.40. The van der Waals surface area contributed by atoms with Crippen LogP contribution in [0, 0.1) is 24.0 Å². The van der Waals surface area contributed by atoms with Gasteiger partial charge in [-0.25, -0.2) is 14.8 Å². The van der Waals surface area contributed by atoms with Gasteiger partial charge in [-0.05, 0) is 44.2 Å². The Labute approximate surface area is 169 Å². The molecular weight excluding hydrogens is 400 g/mol. The van der Waals surface area contributed by atoms with E-state index in [0.29, 0.717) is 11.0 Å². The fraction of sp³-hybridized carbons (Fsp3) is 0.158. The Kier molecular flexibility index (Phi) is 5.69. The molecule has 0 saturated carbocycles. The number of anilines is 1. The van der Waals surface area contributed by atoms with Crippen molar-refractivity contribution in [3.63, 3.8) is 0 Å². The van der Waals surface area contributed by atoms with Crippen molar-refractivity contribution in [2.75, 3.05) is 11.9 Å². The van der Waals surface area contributed by atoms with Crippen molar-refractivity contribution in [1.29, 1.82) is 0 Å². The molecule has 3 rings (SSSR count). The van der Waals surface area contributed by atoms with Crippen LogP contribution in [0.5, 0.6) is 0 Å². The van der Waals surface area contributed by atoms with E-state index < -0.39 is 23.4 Å². The lowest BCUT2D eigenvalue weighted by Gasteiger charge is -2.08. The van der Waals surface area contributed by atoms with Gasteiger partial charge in [0.25, 0.3) is 11.6 Å². The highest BCUT2D eigenvalue weighted by molar-refractivity contribution is 6.31. The third-order valence-corrected chi connectivity index (χ3v) is 4.31. The molecule has 0 aliphatic rings. The summed E-state index contributed by atoms with van der Waals surface area (Å²) in [6, 6.07) is 8.43. The Balaban J connectivity index is 1.68. The molecule has 148 valence electrons. The summed E-state index contributed by atoms with van der Waals surface area (Å²) in [7, 11) is 0. The summed E-state index contributed by atoms with van der Waals surface area (Å²) in [5.41, 5.74) is 2.49. The van der Waals surface area contributed by atoms with Gasteiger partial charge in [-0.3, -0.25) is 14.9 Å². The number of halogens is 1. The molecule has 10 heteroatoms. The van der Waals surface area contributed by atoms with Gasteiger partial charge in [-0.1, -0.05) is 11.6 Å². The Morgan fingerprint density at radius 2 is 1.79 bits per heavy atom. The van der Waals surface area contributed by atoms with Crippen molar-refractivity contribution < 1.29 is 19.2 Å². The van der Waals surface area contributed by atoms with E-state index in [0.717, 1.165) is 11.4 Å². The second kappa shape index (κ2) is 8.19. The molecule has 0 unspecified atom stereocenters. The molecule has 0 atom stereocenters. The van der Waals surface area contributed by atoms with Crippen LogP contribution in [0.2, 0.25) is 5.02 Å². The van der Waals surface area contributed by atoms with Crippen LogP contribution < -0.4 is 5.32 Å². The molecule has 0 radical (unpaired) electrons. The quantitative estimate of drug-likeness (QED) is 0.384. The Bertz CT molecular complexity index is 1150. The number of nitro benzene ring substituents is 1. The molecule has 1 aromatic heterocycles. The van der Waals surface area contributed by atoms with Crippen LogP contribution in [-0.2, 0) is 9.53 Å². The molecule has 3 aromatic rings. The van der Waals surface area contributed by atoms with Crippen LogP contribution >= 0.6 is 11.6 Å². The molecule has 1 heterocycles. The number of rotatable bonds is 5. The molecule has 0 bridgehead atoms. The number of nitro groups is 1. The summed E-state index contributed by atoms with van der Waals surface area (Å²) in [4.78, 5) is 43.4. The Hall–Kier alpha value is -3.59. The number of aryl methyl sites for hydroxylation is 2. The van der Waals surface area contributed by atoms with Gasteiger partial charge in [0.1, 0.15) is 5.69 Å². The van der Waals surface area contributed by atoms with Crippen molar-refractivity contribution in [3.8, 4) is 0 Å². The smallest absolute Gasteiger partial charge is 0.338 e. The molecule has 0 aliphatic heterocycles. The number of hydrogen-bond acceptors (Lipinski definition) is 7. The first kappa shape index (κ1) is 20.2. The van der Waals surface area contributed by atoms with Crippen molar-refractivity contribution in [2.45, 2.75) is 13.8 Å². The summed E-state index contributed by atoms with van der Waals surface area (Å²) >= 11 is 5.81. The van der Waals surface area contributed by atoms with Gasteiger partial charge in [0.2, 0.25) is 0 Å². The zero-order valence-electron chi connectivity index (χ0n) is 15.4. The van der Waals surface area contributed by atoms with Crippen LogP contribution in [0.15, 0.2) is 36.4 Å². The molecule has 2 aromatic carbocycles. The lowest BCUT2D eigenvalue weighted by atomic mass is 10.2. The third-order valence-electron chi connectivity index (χ3n) is 4.07. The van der Waals surface area contributed by atoms with E-state index in [4.69, 9.17) is 16.3 Å². The summed E-state index contributed by atoms with van der Waals surface area (Å²) < 4.78 is 4.99. The van der Waals surface area contributed by atoms with Crippen LogP contribution in [0.3, 0.4) is 0 Å². The number of nitrogens with one attached hydrogen (secondary N) is 1. The Morgan fingerprint density at radius 1 is 1.10 bits per heavy atom. The number of aromatic nitrogens is 2. The number of carbonyl (C=O) groups is 2. The number of nitrogens with zero attached hydrogens (tertiary/aromatic N) is 3. The van der Waals surface area contributed by atoms with Gasteiger partial charge in [0, 0.05) is 11.1 Å². The van der Waals surface area contributed by atoms with E-state index in [1.807, 2.05) is 13.8 Å². The highest BCUT2D eigenvalue weighted by Gasteiger charge is 2.18. The second-order valence-electron chi connectivity index (χ2n) is 6.14. The zero-order chi connectivity index (χ0) is 21.1. The van der Waals surface area contributed by atoms with E-state index in [2.05, 4.69) is 15.3 Å². The zero-order valence-corrected chi connectivity index (χ0v) is 16.2. The molecule has 1 amide bonds. The topological polar surface area (TPSA) is 124 Å². The van der Waals surface area contributed by atoms with Crippen LogP contribution in [0.4, 0.5) is 11.4 Å². The molecule has 0 saturated heterocycles. The largest absolute Gasteiger partial charge is 0.452 e. The minimum Gasteiger partial charge on any atom is -0.452 e. The van der Waals surface area contributed by atoms with E-state index in [9.17, 15) is 19.7 Å². The SMILES string of the molecule is Cc1nc2ccc(C(=O)OCC(=O)Nc3cc(Cl)ccc3[N+](=O)[O-])cc2nc1C. The van der Waals surface area contributed by atoms with Gasteiger partial charge >= 0.3 is 5.97 Å². The number of hydrogen-bond donors (Lipinski definition) is 1. The lowest BCUT2D eigenvalue weighted by Crippen LogP contribution is -2.21. The number of benzene rings is 2. The number of ether oxygens (including phenoxy) is 1. The fourth-order valence-electron chi connectivity index (χ4n) is 2.53. The lowest BCUT2D eigenvalue weighted by molar-refractivity contribution is -0.383. The molecule has 9 nitrogen and oxygen atoms in total. The molecule has 0 aliphatic carbocycles. The predicted molar refractivity (Wildman–Crippen MR) is 106 cm³/mol. The average molecular weight is 415 g/mol. The van der Waals surface area contributed by atoms with Crippen molar-refractivity contribution in [1.82, 2.24) is 9.97 Å². The highest BCUT2D eigenvalue weighted by atomic mass is 35.5. The highest BCUT2D eigenvalue weighted by Crippen LogP contribution is 2.27. The summed E-state index contributed by atoms with van der Waals surface area (Å²) in [5, 5.41) is 13.6. The van der Waals surface area contributed by atoms with Gasteiger partial charge < -0.3 is 10.1 Å². The third kappa shape index (κ3) is 4.64. The van der Waals surface area contributed by atoms with Gasteiger partial charge in [-0.15, -0.1) is 0 Å². The first-order chi connectivity index (χ1) is 13.7. The molecule has 1 N–H and O–H groups in total. The summed E-state index contributed by atoms with van der Waals surface area (Å²) in [5.74, 6) is -1.47. The van der Waals surface area contributed by atoms with Crippen molar-refractivity contribution in [3.05, 3.63) is 68.5 Å². The van der Waals surface area contributed by atoms with E-state index in [1.54, 1.807) is 6.07 Å². The summed E-state index contributed by atoms with van der Waals surface area (Å²) in [6.07, 6.45) is 0. The maximum Gasteiger partial charge on any atom is 0.338 e. The monoisotopic (exact) mass is 414 g/mol. The van der Waals surface area contributed by atoms with Crippen LogP contribution in [0.25, 0.3) is 11.0 Å².